The summed E-state index contributed by atoms with van der Waals surface area (Å²) in [4.78, 5) is 20.4. The average Bonchev–Trinajstić information content (AvgIpc) is 2.62. The van der Waals surface area contributed by atoms with Gasteiger partial charge in [0, 0.05) is 11.8 Å². The number of benzene rings is 2. The van der Waals surface area contributed by atoms with Crippen LogP contribution in [0.4, 0.5) is 30.4 Å². The topological polar surface area (TPSA) is 66.9 Å². The van der Waals surface area contributed by atoms with Crippen LogP contribution in [0.25, 0.3) is 0 Å². The minimum absolute atomic E-state index is 0.0341. The summed E-state index contributed by atoms with van der Waals surface area (Å²) in [5.74, 6) is -4.44. The third kappa shape index (κ3) is 3.80. The van der Waals surface area contributed by atoms with Crippen LogP contribution < -0.4 is 10.6 Å². The van der Waals surface area contributed by atoms with Gasteiger partial charge in [-0.2, -0.15) is 0 Å². The van der Waals surface area contributed by atoms with E-state index in [1.807, 2.05) is 6.07 Å². The quantitative estimate of drug-likeness (QED) is 0.686. The van der Waals surface area contributed by atoms with Crippen molar-refractivity contribution < 1.29 is 18.0 Å². The van der Waals surface area contributed by atoms with E-state index in [-0.39, 0.29) is 23.0 Å². The third-order valence-electron chi connectivity index (χ3n) is 3.40. The van der Waals surface area contributed by atoms with Gasteiger partial charge in [0.1, 0.15) is 17.3 Å². The van der Waals surface area contributed by atoms with E-state index in [2.05, 4.69) is 20.6 Å². The first kappa shape index (κ1) is 17.4. The number of amides is 1. The molecular formula is C18H13F3N4O. The van der Waals surface area contributed by atoms with Crippen molar-refractivity contribution >= 4 is 23.1 Å². The summed E-state index contributed by atoms with van der Waals surface area (Å²) >= 11 is 0. The molecule has 0 bridgehead atoms. The number of aryl methyl sites for hydroxylation is 1. The summed E-state index contributed by atoms with van der Waals surface area (Å²) < 4.78 is 40.1. The Kier molecular flexibility index (Phi) is 4.83. The van der Waals surface area contributed by atoms with Gasteiger partial charge in [0.2, 0.25) is 0 Å². The Morgan fingerprint density at radius 1 is 0.962 bits per heavy atom. The van der Waals surface area contributed by atoms with Gasteiger partial charge in [0.25, 0.3) is 5.91 Å². The van der Waals surface area contributed by atoms with E-state index in [1.165, 1.54) is 6.07 Å². The first-order chi connectivity index (χ1) is 12.4. The van der Waals surface area contributed by atoms with E-state index in [0.717, 1.165) is 12.1 Å². The average molecular weight is 358 g/mol. The molecule has 2 aromatic carbocycles. The van der Waals surface area contributed by atoms with Gasteiger partial charge >= 0.3 is 0 Å². The highest BCUT2D eigenvalue weighted by atomic mass is 19.2. The first-order valence-electron chi connectivity index (χ1n) is 7.56. The summed E-state index contributed by atoms with van der Waals surface area (Å²) in [7, 11) is 0. The van der Waals surface area contributed by atoms with Crippen LogP contribution in [0.5, 0.6) is 0 Å². The Bertz CT molecular complexity index is 964. The fourth-order valence-electron chi connectivity index (χ4n) is 2.23. The number of rotatable bonds is 4. The maximum atomic E-state index is 13.8. The minimum atomic E-state index is -1.59. The fraction of sp³-hybridized carbons (Fsp3) is 0.0556. The molecule has 0 aliphatic rings. The number of hydrogen-bond acceptors (Lipinski definition) is 4. The van der Waals surface area contributed by atoms with Crippen LogP contribution in [0.1, 0.15) is 16.3 Å². The van der Waals surface area contributed by atoms with Crippen molar-refractivity contribution in [1.29, 1.82) is 0 Å². The van der Waals surface area contributed by atoms with E-state index in [9.17, 15) is 18.0 Å². The third-order valence-corrected chi connectivity index (χ3v) is 3.40. The van der Waals surface area contributed by atoms with Crippen molar-refractivity contribution in [2.75, 3.05) is 10.6 Å². The van der Waals surface area contributed by atoms with Crippen molar-refractivity contribution in [3.63, 3.8) is 0 Å². The molecule has 1 heterocycles. The van der Waals surface area contributed by atoms with Gasteiger partial charge in [-0.15, -0.1) is 0 Å². The fourth-order valence-corrected chi connectivity index (χ4v) is 2.23. The Hall–Kier alpha value is -3.42. The zero-order chi connectivity index (χ0) is 18.7. The molecule has 8 heteroatoms. The number of nitrogens with zero attached hydrogens (tertiary/aromatic N) is 2. The van der Waals surface area contributed by atoms with Crippen LogP contribution in [-0.2, 0) is 0 Å². The Morgan fingerprint density at radius 3 is 2.42 bits per heavy atom. The molecule has 132 valence electrons. The first-order valence-corrected chi connectivity index (χ1v) is 7.56. The number of carbonyl (C=O) groups is 1. The molecular weight excluding hydrogens is 345 g/mol. The van der Waals surface area contributed by atoms with Crippen LogP contribution in [-0.4, -0.2) is 15.9 Å². The molecule has 3 aromatic rings. The van der Waals surface area contributed by atoms with Gasteiger partial charge in [0.15, 0.2) is 17.5 Å². The minimum Gasteiger partial charge on any atom is -0.338 e. The van der Waals surface area contributed by atoms with E-state index in [0.29, 0.717) is 5.69 Å². The molecule has 3 rings (SSSR count). The van der Waals surface area contributed by atoms with Crippen molar-refractivity contribution in [1.82, 2.24) is 9.97 Å². The normalized spacial score (nSPS) is 10.5. The molecule has 5 nitrogen and oxygen atoms in total. The van der Waals surface area contributed by atoms with Crippen LogP contribution in [0.15, 0.2) is 48.5 Å². The van der Waals surface area contributed by atoms with E-state index >= 15 is 0 Å². The summed E-state index contributed by atoms with van der Waals surface area (Å²) in [5.41, 5.74) is 0.304. The highest BCUT2D eigenvalue weighted by molar-refractivity contribution is 6.03. The van der Waals surface area contributed by atoms with Crippen LogP contribution in [0.2, 0.25) is 0 Å². The summed E-state index contributed by atoms with van der Waals surface area (Å²) in [6, 6.07) is 11.9. The van der Waals surface area contributed by atoms with Crippen LogP contribution in [0.3, 0.4) is 0 Å². The van der Waals surface area contributed by atoms with Gasteiger partial charge in [-0.25, -0.2) is 23.1 Å². The van der Waals surface area contributed by atoms with Crippen molar-refractivity contribution in [3.05, 3.63) is 77.5 Å². The van der Waals surface area contributed by atoms with Gasteiger partial charge < -0.3 is 10.6 Å². The molecule has 0 spiro atoms. The molecule has 0 saturated carbocycles. The molecule has 0 aliphatic carbocycles. The molecule has 0 radical (unpaired) electrons. The van der Waals surface area contributed by atoms with Crippen molar-refractivity contribution in [2.24, 2.45) is 0 Å². The monoisotopic (exact) mass is 358 g/mol. The number of anilines is 3. The lowest BCUT2D eigenvalue weighted by atomic mass is 10.2. The molecule has 1 aromatic heterocycles. The lowest BCUT2D eigenvalue weighted by molar-refractivity contribution is 0.102. The molecule has 0 atom stereocenters. The molecule has 0 unspecified atom stereocenters. The smallest absolute Gasteiger partial charge is 0.274 e. The molecule has 2 N–H and O–H groups in total. The van der Waals surface area contributed by atoms with E-state index in [4.69, 9.17) is 0 Å². The maximum absolute atomic E-state index is 13.8. The van der Waals surface area contributed by atoms with Crippen molar-refractivity contribution in [3.8, 4) is 0 Å². The predicted molar refractivity (Wildman–Crippen MR) is 90.8 cm³/mol. The highest BCUT2D eigenvalue weighted by Gasteiger charge is 2.16. The highest BCUT2D eigenvalue weighted by Crippen LogP contribution is 2.23. The summed E-state index contributed by atoms with van der Waals surface area (Å²) in [6.07, 6.45) is 0. The number of nitrogens with one attached hydrogen (secondary N) is 2. The standard InChI is InChI=1S/C18H13F3N4O/c1-10-22-14(18(26)24-11-5-3-2-4-6-11)9-15(23-10)25-13-8-7-12(19)16(20)17(13)21/h2-9H,1H3,(H,24,26)(H,22,23,25). The second-order valence-electron chi connectivity index (χ2n) is 5.35. The molecule has 0 saturated heterocycles. The number of carbonyl (C=O) groups excluding carboxylic acids is 1. The lowest BCUT2D eigenvalue weighted by Crippen LogP contribution is -2.15. The molecule has 0 aliphatic heterocycles. The van der Waals surface area contributed by atoms with Crippen LogP contribution >= 0.6 is 0 Å². The summed E-state index contributed by atoms with van der Waals surface area (Å²) in [5, 5.41) is 5.19. The Labute approximate surface area is 146 Å². The number of halogens is 3. The van der Waals surface area contributed by atoms with Gasteiger partial charge in [-0.3, -0.25) is 4.79 Å². The Balaban J connectivity index is 1.86. The SMILES string of the molecule is Cc1nc(Nc2ccc(F)c(F)c2F)cc(C(=O)Nc2ccccc2)n1. The molecule has 0 fully saturated rings. The molecule has 26 heavy (non-hydrogen) atoms. The van der Waals surface area contributed by atoms with E-state index < -0.39 is 23.4 Å². The van der Waals surface area contributed by atoms with Crippen molar-refractivity contribution in [2.45, 2.75) is 6.92 Å². The number of aromatic nitrogens is 2. The number of para-hydroxylation sites is 1. The van der Waals surface area contributed by atoms with E-state index in [1.54, 1.807) is 31.2 Å². The second kappa shape index (κ2) is 7.22. The zero-order valence-corrected chi connectivity index (χ0v) is 13.6. The van der Waals surface area contributed by atoms with Crippen LogP contribution in [0, 0.1) is 24.4 Å². The van der Waals surface area contributed by atoms with Gasteiger partial charge in [-0.05, 0) is 31.2 Å². The molecule has 1 amide bonds. The summed E-state index contributed by atoms with van der Waals surface area (Å²) in [6.45, 7) is 1.55. The predicted octanol–water partition coefficient (Wildman–Crippen LogP) is 4.20. The second-order valence-corrected chi connectivity index (χ2v) is 5.35. The van der Waals surface area contributed by atoms with Gasteiger partial charge in [-0.1, -0.05) is 18.2 Å². The zero-order valence-electron chi connectivity index (χ0n) is 13.6. The lowest BCUT2D eigenvalue weighted by Gasteiger charge is -2.10. The largest absolute Gasteiger partial charge is 0.338 e. The Morgan fingerprint density at radius 2 is 1.69 bits per heavy atom. The number of hydrogen-bond donors (Lipinski definition) is 2. The van der Waals surface area contributed by atoms with Gasteiger partial charge in [0.05, 0.1) is 5.69 Å². The maximum Gasteiger partial charge on any atom is 0.274 e.